The first-order chi connectivity index (χ1) is 8.02. The molecule has 4 nitrogen and oxygen atoms in total. The Kier molecular flexibility index (Phi) is 5.77. The average Bonchev–Trinajstić information content (AvgIpc) is 2.54. The van der Waals surface area contributed by atoms with Gasteiger partial charge >= 0.3 is 6.03 Å². The van der Waals surface area contributed by atoms with Crippen LogP contribution >= 0.6 is 23.1 Å². The number of nitrogens with one attached hydrogen (secondary N) is 2. The fourth-order valence-electron chi connectivity index (χ4n) is 1.46. The molecule has 0 fully saturated rings. The molecule has 0 aliphatic heterocycles. The summed E-state index contributed by atoms with van der Waals surface area (Å²) in [5, 5.41) is 6.78. The highest BCUT2D eigenvalue weighted by Gasteiger charge is 2.08. The number of urea groups is 1. The zero-order chi connectivity index (χ0) is 12.8. The number of hydrogen-bond donors (Lipinski definition) is 2. The van der Waals surface area contributed by atoms with Gasteiger partial charge in [0.05, 0.1) is 17.2 Å². The molecule has 1 rings (SSSR count). The third kappa shape index (κ3) is 4.95. The minimum atomic E-state index is -0.114. The molecule has 0 saturated heterocycles. The third-order valence-corrected chi connectivity index (χ3v) is 4.11. The number of carbonyl (C=O) groups excluding carboxylic acids is 1. The summed E-state index contributed by atoms with van der Waals surface area (Å²) in [6.45, 7) is 6.49. The quantitative estimate of drug-likeness (QED) is 0.865. The summed E-state index contributed by atoms with van der Waals surface area (Å²) in [4.78, 5) is 17.0. The number of nitrogens with zero attached hydrogens (tertiary/aromatic N) is 1. The summed E-state index contributed by atoms with van der Waals surface area (Å²) in [6, 6.07) is 0.0753. The lowest BCUT2D eigenvalue weighted by Crippen LogP contribution is -2.41. The van der Waals surface area contributed by atoms with Crippen molar-refractivity contribution < 1.29 is 4.79 Å². The molecule has 0 saturated carbocycles. The van der Waals surface area contributed by atoms with Gasteiger partial charge in [0.15, 0.2) is 0 Å². The standard InChI is InChI=1S/C11H19N3OS2/c1-7(6-16-4)13-11(15)12-5-10-8(2)14-9(3)17-10/h7H,5-6H2,1-4H3,(H2,12,13,15)/t7-/m1/s1. The van der Waals surface area contributed by atoms with Crippen LogP contribution in [0.25, 0.3) is 0 Å². The molecule has 2 N–H and O–H groups in total. The van der Waals surface area contributed by atoms with E-state index in [0.717, 1.165) is 21.3 Å². The topological polar surface area (TPSA) is 54.0 Å². The van der Waals surface area contributed by atoms with Crippen LogP contribution in [0.5, 0.6) is 0 Å². The van der Waals surface area contributed by atoms with Crippen LogP contribution < -0.4 is 10.6 Å². The van der Waals surface area contributed by atoms with Gasteiger partial charge < -0.3 is 10.6 Å². The van der Waals surface area contributed by atoms with Crippen molar-refractivity contribution in [2.75, 3.05) is 12.0 Å². The van der Waals surface area contributed by atoms with Gasteiger partial charge in [-0.25, -0.2) is 9.78 Å². The van der Waals surface area contributed by atoms with E-state index >= 15 is 0 Å². The predicted octanol–water partition coefficient (Wildman–Crippen LogP) is 2.31. The SMILES string of the molecule is CSC[C@@H](C)NC(=O)NCc1sc(C)nc1C. The molecule has 0 unspecified atom stereocenters. The first-order valence-corrected chi connectivity index (χ1v) is 7.70. The number of thiazole rings is 1. The van der Waals surface area contributed by atoms with E-state index in [1.165, 1.54) is 0 Å². The summed E-state index contributed by atoms with van der Waals surface area (Å²) in [6.07, 6.45) is 2.03. The fraction of sp³-hybridized carbons (Fsp3) is 0.636. The van der Waals surface area contributed by atoms with E-state index in [-0.39, 0.29) is 12.1 Å². The van der Waals surface area contributed by atoms with Crippen LogP contribution in [0.1, 0.15) is 22.5 Å². The van der Waals surface area contributed by atoms with Crippen molar-refractivity contribution in [1.82, 2.24) is 15.6 Å². The maximum Gasteiger partial charge on any atom is 0.315 e. The van der Waals surface area contributed by atoms with Crippen molar-refractivity contribution in [3.63, 3.8) is 0 Å². The molecule has 17 heavy (non-hydrogen) atoms. The molecule has 1 heterocycles. The maximum absolute atomic E-state index is 11.6. The van der Waals surface area contributed by atoms with Gasteiger partial charge in [-0.05, 0) is 27.0 Å². The molecule has 0 bridgehead atoms. The van der Waals surface area contributed by atoms with E-state index in [2.05, 4.69) is 15.6 Å². The number of rotatable bonds is 5. The van der Waals surface area contributed by atoms with Gasteiger partial charge in [-0.1, -0.05) is 0 Å². The number of carbonyl (C=O) groups is 1. The monoisotopic (exact) mass is 273 g/mol. The van der Waals surface area contributed by atoms with Gasteiger partial charge in [-0.15, -0.1) is 11.3 Å². The third-order valence-electron chi connectivity index (χ3n) is 2.20. The lowest BCUT2D eigenvalue weighted by molar-refractivity contribution is 0.238. The second kappa shape index (κ2) is 6.86. The predicted molar refractivity (Wildman–Crippen MR) is 74.8 cm³/mol. The van der Waals surface area contributed by atoms with Crippen molar-refractivity contribution in [3.8, 4) is 0 Å². The molecule has 96 valence electrons. The Morgan fingerprint density at radius 1 is 1.53 bits per heavy atom. The molecule has 0 aromatic carbocycles. The van der Waals surface area contributed by atoms with Gasteiger partial charge in [-0.2, -0.15) is 11.8 Å². The minimum Gasteiger partial charge on any atom is -0.335 e. The molecular weight excluding hydrogens is 254 g/mol. The van der Waals surface area contributed by atoms with E-state index < -0.39 is 0 Å². The Morgan fingerprint density at radius 2 is 2.24 bits per heavy atom. The van der Waals surface area contributed by atoms with Crippen LogP contribution in [-0.4, -0.2) is 29.1 Å². The van der Waals surface area contributed by atoms with Crippen molar-refractivity contribution >= 4 is 29.1 Å². The van der Waals surface area contributed by atoms with E-state index in [4.69, 9.17) is 0 Å². The number of aryl methyl sites for hydroxylation is 2. The highest BCUT2D eigenvalue weighted by atomic mass is 32.2. The van der Waals surface area contributed by atoms with Crippen molar-refractivity contribution in [2.24, 2.45) is 0 Å². The number of thioether (sulfide) groups is 1. The Labute approximate surface area is 111 Å². The zero-order valence-electron chi connectivity index (χ0n) is 10.7. The van der Waals surface area contributed by atoms with E-state index in [1.807, 2.05) is 27.0 Å². The van der Waals surface area contributed by atoms with Gasteiger partial charge in [0.2, 0.25) is 0 Å². The van der Waals surface area contributed by atoms with Crippen molar-refractivity contribution in [2.45, 2.75) is 33.4 Å². The molecule has 1 atom stereocenters. The van der Waals surface area contributed by atoms with Gasteiger partial charge in [0.1, 0.15) is 0 Å². The molecule has 0 radical (unpaired) electrons. The highest BCUT2D eigenvalue weighted by molar-refractivity contribution is 7.98. The summed E-state index contributed by atoms with van der Waals surface area (Å²) in [5.41, 5.74) is 1.00. The Morgan fingerprint density at radius 3 is 2.76 bits per heavy atom. The van der Waals surface area contributed by atoms with Gasteiger partial charge in [0.25, 0.3) is 0 Å². The highest BCUT2D eigenvalue weighted by Crippen LogP contribution is 2.16. The van der Waals surface area contributed by atoms with Gasteiger partial charge in [0, 0.05) is 16.7 Å². The van der Waals surface area contributed by atoms with Crippen molar-refractivity contribution in [3.05, 3.63) is 15.6 Å². The first-order valence-electron chi connectivity index (χ1n) is 5.49. The number of amides is 2. The molecule has 0 aliphatic carbocycles. The number of aromatic nitrogens is 1. The summed E-state index contributed by atoms with van der Waals surface area (Å²) in [7, 11) is 0. The lowest BCUT2D eigenvalue weighted by atomic mass is 10.4. The molecule has 0 aliphatic rings. The molecule has 6 heteroatoms. The average molecular weight is 273 g/mol. The van der Waals surface area contributed by atoms with Crippen LogP contribution in [-0.2, 0) is 6.54 Å². The smallest absolute Gasteiger partial charge is 0.315 e. The molecule has 1 aromatic rings. The zero-order valence-corrected chi connectivity index (χ0v) is 12.3. The lowest BCUT2D eigenvalue weighted by Gasteiger charge is -2.13. The van der Waals surface area contributed by atoms with Crippen LogP contribution in [0.15, 0.2) is 0 Å². The van der Waals surface area contributed by atoms with E-state index in [1.54, 1.807) is 23.1 Å². The number of hydrogen-bond acceptors (Lipinski definition) is 4. The Balaban J connectivity index is 2.35. The van der Waals surface area contributed by atoms with Crippen molar-refractivity contribution in [1.29, 1.82) is 0 Å². The summed E-state index contributed by atoms with van der Waals surface area (Å²) < 4.78 is 0. The Bertz CT molecular complexity index is 379. The molecule has 1 aromatic heterocycles. The largest absolute Gasteiger partial charge is 0.335 e. The fourth-order valence-corrected chi connectivity index (χ4v) is 2.92. The van der Waals surface area contributed by atoms with Crippen LogP contribution in [0.4, 0.5) is 4.79 Å². The molecular formula is C11H19N3OS2. The van der Waals surface area contributed by atoms with Crippen LogP contribution in [0.3, 0.4) is 0 Å². The van der Waals surface area contributed by atoms with Crippen LogP contribution in [0.2, 0.25) is 0 Å². The van der Waals surface area contributed by atoms with E-state index in [9.17, 15) is 4.79 Å². The summed E-state index contributed by atoms with van der Waals surface area (Å²) >= 11 is 3.35. The molecule has 0 spiro atoms. The van der Waals surface area contributed by atoms with Crippen LogP contribution in [0, 0.1) is 13.8 Å². The Hall–Kier alpha value is -0.750. The first kappa shape index (κ1) is 14.3. The molecule has 2 amide bonds. The maximum atomic E-state index is 11.6. The second-order valence-electron chi connectivity index (χ2n) is 3.92. The van der Waals surface area contributed by atoms with E-state index in [0.29, 0.717) is 6.54 Å². The summed E-state index contributed by atoms with van der Waals surface area (Å²) in [5.74, 6) is 0.923. The second-order valence-corrected chi connectivity index (χ2v) is 6.12. The van der Waals surface area contributed by atoms with Gasteiger partial charge in [-0.3, -0.25) is 0 Å². The minimum absolute atomic E-state index is 0.114. The normalized spacial score (nSPS) is 12.2.